The Labute approximate surface area is 168 Å². The van der Waals surface area contributed by atoms with Gasteiger partial charge in [0.05, 0.1) is 0 Å². The largest absolute Gasteiger partial charge is 0.357 e. The van der Waals surface area contributed by atoms with E-state index >= 15 is 0 Å². The molecule has 25 heavy (non-hydrogen) atoms. The normalized spacial score (nSPS) is 11.4. The Hall–Kier alpha value is -1.42. The average molecular weight is 484 g/mol. The summed E-state index contributed by atoms with van der Waals surface area (Å²) in [5.74, 6) is 0.831. The molecule has 0 unspecified atom stereocenters. The first-order valence-corrected chi connectivity index (χ1v) is 7.92. The molecule has 0 bridgehead atoms. The molecule has 0 saturated carbocycles. The zero-order chi connectivity index (χ0) is 17.5. The lowest BCUT2D eigenvalue weighted by atomic mass is 10.2. The third kappa shape index (κ3) is 6.43. The molecule has 1 N–H and O–H groups in total. The van der Waals surface area contributed by atoms with Crippen LogP contribution >= 0.6 is 35.6 Å². The molecule has 0 atom stereocenters. The summed E-state index contributed by atoms with van der Waals surface area (Å²) in [4.78, 5) is 10.2. The smallest absolute Gasteiger partial charge is 0.319 e. The molecule has 0 amide bonds. The fourth-order valence-electron chi connectivity index (χ4n) is 2.24. The number of nitrogens with zero attached hydrogens (tertiary/aromatic N) is 4. The van der Waals surface area contributed by atoms with Crippen LogP contribution in [-0.2, 0) is 13.1 Å². The topological polar surface area (TPSA) is 45.5 Å². The van der Waals surface area contributed by atoms with Gasteiger partial charge in [0.1, 0.15) is 12.4 Å². The minimum Gasteiger partial charge on any atom is -0.357 e. The zero-order valence-electron chi connectivity index (χ0n) is 14.0. The van der Waals surface area contributed by atoms with Crippen molar-refractivity contribution < 1.29 is 8.78 Å². The monoisotopic (exact) mass is 483 g/mol. The van der Waals surface area contributed by atoms with Gasteiger partial charge in [0, 0.05) is 37.6 Å². The molecule has 9 heteroatoms. The maximum absolute atomic E-state index is 12.9. The first-order chi connectivity index (χ1) is 11.5. The second-order valence-electron chi connectivity index (χ2n) is 5.18. The molecule has 2 aromatic rings. The zero-order valence-corrected chi connectivity index (χ0v) is 17.1. The number of hydrogen-bond donors (Lipinski definition) is 1. The van der Waals surface area contributed by atoms with Gasteiger partial charge in [-0.3, -0.25) is 4.57 Å². The Bertz CT molecular complexity index is 693. The van der Waals surface area contributed by atoms with E-state index in [4.69, 9.17) is 11.6 Å². The first-order valence-electron chi connectivity index (χ1n) is 7.55. The third-order valence-electron chi connectivity index (χ3n) is 3.33. The van der Waals surface area contributed by atoms with Gasteiger partial charge in [0.15, 0.2) is 5.96 Å². The van der Waals surface area contributed by atoms with E-state index in [-0.39, 0.29) is 36.3 Å². The molecule has 0 aliphatic rings. The summed E-state index contributed by atoms with van der Waals surface area (Å²) in [6, 6.07) is 7.55. The number of benzene rings is 1. The lowest BCUT2D eigenvalue weighted by Crippen LogP contribution is -2.38. The molecule has 0 radical (unpaired) electrons. The van der Waals surface area contributed by atoms with E-state index in [1.54, 1.807) is 0 Å². The summed E-state index contributed by atoms with van der Waals surface area (Å²) in [6.07, 6.45) is 2.59. The number of alkyl halides is 2. The van der Waals surface area contributed by atoms with Crippen LogP contribution < -0.4 is 5.32 Å². The third-order valence-corrected chi connectivity index (χ3v) is 3.57. The van der Waals surface area contributed by atoms with Crippen LogP contribution in [0.25, 0.3) is 0 Å². The molecule has 0 saturated heterocycles. The second-order valence-corrected chi connectivity index (χ2v) is 5.62. The Balaban J connectivity index is 0.00000312. The standard InChI is InChI=1S/C16H20ClF2N5.HI/c1-3-20-16(22-10-14-21-7-8-24(14)15(18)19)23(2)11-12-5-4-6-13(17)9-12;/h4-9,15H,3,10-11H2,1-2H3,(H,20,22);1H. The lowest BCUT2D eigenvalue weighted by Gasteiger charge is -2.22. The number of nitrogens with one attached hydrogen (secondary N) is 1. The van der Waals surface area contributed by atoms with Crippen molar-refractivity contribution in [3.8, 4) is 0 Å². The summed E-state index contributed by atoms with van der Waals surface area (Å²) in [7, 11) is 1.88. The SMILES string of the molecule is CCNC(=NCc1nccn1C(F)F)N(C)Cc1cccc(Cl)c1.I. The second kappa shape index (κ2) is 10.5. The van der Waals surface area contributed by atoms with Crippen LogP contribution in [0.2, 0.25) is 5.02 Å². The fourth-order valence-corrected chi connectivity index (χ4v) is 2.46. The highest BCUT2D eigenvalue weighted by Gasteiger charge is 2.12. The molecule has 2 rings (SSSR count). The van der Waals surface area contributed by atoms with E-state index in [2.05, 4.69) is 15.3 Å². The molecule has 5 nitrogen and oxygen atoms in total. The van der Waals surface area contributed by atoms with Crippen LogP contribution in [0.5, 0.6) is 0 Å². The number of aliphatic imine (C=N–C) groups is 1. The van der Waals surface area contributed by atoms with Crippen LogP contribution in [0.4, 0.5) is 8.78 Å². The van der Waals surface area contributed by atoms with Crippen LogP contribution in [0, 0.1) is 0 Å². The van der Waals surface area contributed by atoms with Crippen molar-refractivity contribution in [3.63, 3.8) is 0 Å². The number of imidazole rings is 1. The Morgan fingerprint density at radius 2 is 2.20 bits per heavy atom. The molecule has 0 aliphatic heterocycles. The van der Waals surface area contributed by atoms with Gasteiger partial charge in [-0.2, -0.15) is 8.78 Å². The van der Waals surface area contributed by atoms with Crippen LogP contribution in [-0.4, -0.2) is 34.0 Å². The summed E-state index contributed by atoms with van der Waals surface area (Å²) in [5.41, 5.74) is 1.03. The minimum atomic E-state index is -2.62. The highest BCUT2D eigenvalue weighted by Crippen LogP contribution is 2.14. The fraction of sp³-hybridized carbons (Fsp3) is 0.375. The molecular weight excluding hydrogens is 463 g/mol. The molecule has 1 heterocycles. The van der Waals surface area contributed by atoms with Crippen molar-refractivity contribution in [3.05, 3.63) is 53.1 Å². The predicted molar refractivity (Wildman–Crippen MR) is 107 cm³/mol. The number of rotatable bonds is 6. The molecule has 1 aromatic carbocycles. The van der Waals surface area contributed by atoms with Crippen molar-refractivity contribution in [1.82, 2.24) is 19.8 Å². The van der Waals surface area contributed by atoms with Crippen molar-refractivity contribution >= 4 is 41.5 Å². The molecular formula is C16H21ClF2IN5. The van der Waals surface area contributed by atoms with Gasteiger partial charge >= 0.3 is 6.55 Å². The van der Waals surface area contributed by atoms with Crippen molar-refractivity contribution in [2.75, 3.05) is 13.6 Å². The van der Waals surface area contributed by atoms with Crippen LogP contribution in [0.3, 0.4) is 0 Å². The van der Waals surface area contributed by atoms with Crippen molar-refractivity contribution in [2.24, 2.45) is 4.99 Å². The lowest BCUT2D eigenvalue weighted by molar-refractivity contribution is 0.0671. The van der Waals surface area contributed by atoms with Gasteiger partial charge in [0.2, 0.25) is 0 Å². The predicted octanol–water partition coefficient (Wildman–Crippen LogP) is 4.15. The van der Waals surface area contributed by atoms with Gasteiger partial charge in [-0.25, -0.2) is 9.98 Å². The van der Waals surface area contributed by atoms with Crippen LogP contribution in [0.15, 0.2) is 41.7 Å². The minimum absolute atomic E-state index is 0. The Kier molecular flexibility index (Phi) is 9.12. The van der Waals surface area contributed by atoms with Crippen LogP contribution in [0.1, 0.15) is 24.9 Å². The summed E-state index contributed by atoms with van der Waals surface area (Å²) >= 11 is 6.00. The first kappa shape index (κ1) is 21.6. The average Bonchev–Trinajstić information content (AvgIpc) is 3.00. The Morgan fingerprint density at radius 1 is 1.44 bits per heavy atom. The van der Waals surface area contributed by atoms with Crippen molar-refractivity contribution in [2.45, 2.75) is 26.6 Å². The van der Waals surface area contributed by atoms with Gasteiger partial charge in [-0.15, -0.1) is 24.0 Å². The molecule has 138 valence electrons. The molecule has 0 spiro atoms. The maximum atomic E-state index is 12.9. The van der Waals surface area contributed by atoms with E-state index in [9.17, 15) is 8.78 Å². The Morgan fingerprint density at radius 3 is 2.84 bits per heavy atom. The van der Waals surface area contributed by atoms with E-state index in [1.807, 2.05) is 43.1 Å². The number of guanidine groups is 1. The molecule has 1 aromatic heterocycles. The van der Waals surface area contributed by atoms with Gasteiger partial charge in [-0.05, 0) is 24.6 Å². The summed E-state index contributed by atoms with van der Waals surface area (Å²) < 4.78 is 26.5. The van der Waals surface area contributed by atoms with E-state index in [0.717, 1.165) is 10.1 Å². The van der Waals surface area contributed by atoms with E-state index in [0.29, 0.717) is 24.1 Å². The van der Waals surface area contributed by atoms with Crippen molar-refractivity contribution in [1.29, 1.82) is 0 Å². The number of aromatic nitrogens is 2. The van der Waals surface area contributed by atoms with E-state index < -0.39 is 6.55 Å². The summed E-state index contributed by atoms with van der Waals surface area (Å²) in [6.45, 7) is 0.657. The van der Waals surface area contributed by atoms with Gasteiger partial charge < -0.3 is 10.2 Å². The number of hydrogen-bond acceptors (Lipinski definition) is 2. The molecule has 0 aliphatic carbocycles. The number of halogens is 4. The molecule has 0 fully saturated rings. The maximum Gasteiger partial charge on any atom is 0.319 e. The highest BCUT2D eigenvalue weighted by atomic mass is 127. The summed E-state index contributed by atoms with van der Waals surface area (Å²) in [5, 5.41) is 3.82. The van der Waals surface area contributed by atoms with Gasteiger partial charge in [-0.1, -0.05) is 23.7 Å². The highest BCUT2D eigenvalue weighted by molar-refractivity contribution is 14.0. The van der Waals surface area contributed by atoms with Gasteiger partial charge in [0.25, 0.3) is 0 Å². The quantitative estimate of drug-likeness (QED) is 0.381. The van der Waals surface area contributed by atoms with E-state index in [1.165, 1.54) is 12.4 Å².